The van der Waals surface area contributed by atoms with Crippen molar-refractivity contribution in [3.8, 4) is 0 Å². The SMILES string of the molecule is COC(=O)c1ccc([C@H]2C3=C(C[C@H](c4ccccc4)CC3=O)Nc3ncnn32)cc1. The molecule has 30 heavy (non-hydrogen) atoms. The molecule has 3 aromatic rings. The van der Waals surface area contributed by atoms with Crippen LogP contribution in [0.3, 0.4) is 0 Å². The van der Waals surface area contributed by atoms with E-state index in [2.05, 4.69) is 27.5 Å². The molecule has 150 valence electrons. The molecule has 2 aliphatic rings. The van der Waals surface area contributed by atoms with Crippen molar-refractivity contribution < 1.29 is 14.3 Å². The van der Waals surface area contributed by atoms with Gasteiger partial charge in [-0.05, 0) is 35.6 Å². The second-order valence-corrected chi connectivity index (χ2v) is 7.50. The van der Waals surface area contributed by atoms with Gasteiger partial charge < -0.3 is 10.1 Å². The number of carbonyl (C=O) groups is 2. The number of ether oxygens (including phenoxy) is 1. The number of nitrogens with zero attached hydrogens (tertiary/aromatic N) is 3. The van der Waals surface area contributed by atoms with Crippen LogP contribution in [0.1, 0.15) is 46.3 Å². The maximum Gasteiger partial charge on any atom is 0.337 e. The Labute approximate surface area is 173 Å². The lowest BCUT2D eigenvalue weighted by Crippen LogP contribution is -2.33. The second-order valence-electron chi connectivity index (χ2n) is 7.50. The molecule has 0 spiro atoms. The predicted molar refractivity (Wildman–Crippen MR) is 110 cm³/mol. The molecule has 5 rings (SSSR count). The molecular formula is C23H20N4O3. The first-order valence-corrected chi connectivity index (χ1v) is 9.81. The Bertz CT molecular complexity index is 1150. The number of esters is 1. The molecule has 7 heteroatoms. The number of allylic oxidation sites excluding steroid dienone is 2. The first kappa shape index (κ1) is 18.3. The molecule has 0 fully saturated rings. The van der Waals surface area contributed by atoms with E-state index in [4.69, 9.17) is 4.74 Å². The highest BCUT2D eigenvalue weighted by Crippen LogP contribution is 2.43. The summed E-state index contributed by atoms with van der Waals surface area (Å²) < 4.78 is 6.51. The van der Waals surface area contributed by atoms with Gasteiger partial charge in [-0.25, -0.2) is 9.48 Å². The minimum atomic E-state index is -0.396. The Morgan fingerprint density at radius 1 is 1.07 bits per heavy atom. The van der Waals surface area contributed by atoms with Crippen LogP contribution >= 0.6 is 0 Å². The molecular weight excluding hydrogens is 380 g/mol. The minimum absolute atomic E-state index is 0.0980. The Kier molecular flexibility index (Phi) is 4.43. The van der Waals surface area contributed by atoms with Crippen molar-refractivity contribution >= 4 is 17.7 Å². The van der Waals surface area contributed by atoms with Crippen LogP contribution in [0, 0.1) is 0 Å². The van der Waals surface area contributed by atoms with Gasteiger partial charge in [0.2, 0.25) is 5.95 Å². The number of benzene rings is 2. The van der Waals surface area contributed by atoms with Gasteiger partial charge in [0.15, 0.2) is 5.78 Å². The zero-order chi connectivity index (χ0) is 20.7. The average Bonchev–Trinajstić information content (AvgIpc) is 3.26. The van der Waals surface area contributed by atoms with Gasteiger partial charge in [0.25, 0.3) is 0 Å². The van der Waals surface area contributed by atoms with Crippen LogP contribution in [0.5, 0.6) is 0 Å². The van der Waals surface area contributed by atoms with Gasteiger partial charge >= 0.3 is 5.97 Å². The summed E-state index contributed by atoms with van der Waals surface area (Å²) in [5, 5.41) is 7.68. The van der Waals surface area contributed by atoms with E-state index in [9.17, 15) is 9.59 Å². The highest BCUT2D eigenvalue weighted by atomic mass is 16.5. The number of rotatable bonds is 3. The van der Waals surface area contributed by atoms with Gasteiger partial charge in [0.05, 0.1) is 12.7 Å². The van der Waals surface area contributed by atoms with Crippen molar-refractivity contribution in [3.63, 3.8) is 0 Å². The van der Waals surface area contributed by atoms with Crippen molar-refractivity contribution in [2.45, 2.75) is 24.8 Å². The highest BCUT2D eigenvalue weighted by molar-refractivity contribution is 6.00. The summed E-state index contributed by atoms with van der Waals surface area (Å²) in [7, 11) is 1.35. The van der Waals surface area contributed by atoms with Crippen molar-refractivity contribution in [3.05, 3.63) is 88.9 Å². The fraction of sp³-hybridized carbons (Fsp3) is 0.217. The van der Waals surface area contributed by atoms with E-state index in [1.54, 1.807) is 16.8 Å². The van der Waals surface area contributed by atoms with Gasteiger partial charge in [-0.3, -0.25) is 4.79 Å². The van der Waals surface area contributed by atoms with Crippen molar-refractivity contribution in [1.29, 1.82) is 0 Å². The van der Waals surface area contributed by atoms with Crippen molar-refractivity contribution in [1.82, 2.24) is 14.8 Å². The number of Topliss-reactive ketones (excluding diaryl/α,β-unsaturated/α-hetero) is 1. The van der Waals surface area contributed by atoms with Gasteiger partial charge in [0, 0.05) is 17.7 Å². The van der Waals surface area contributed by atoms with E-state index in [0.717, 1.165) is 23.2 Å². The van der Waals surface area contributed by atoms with E-state index < -0.39 is 5.97 Å². The monoisotopic (exact) mass is 400 g/mol. The van der Waals surface area contributed by atoms with Crippen LogP contribution in [0.15, 0.2) is 72.2 Å². The van der Waals surface area contributed by atoms with Crippen LogP contribution in [0.2, 0.25) is 0 Å². The van der Waals surface area contributed by atoms with Gasteiger partial charge in [-0.1, -0.05) is 42.5 Å². The number of carbonyl (C=O) groups excluding carboxylic acids is 2. The lowest BCUT2D eigenvalue weighted by atomic mass is 9.78. The van der Waals surface area contributed by atoms with Crippen LogP contribution < -0.4 is 5.32 Å². The summed E-state index contributed by atoms with van der Waals surface area (Å²) in [6, 6.07) is 16.8. The maximum atomic E-state index is 13.3. The van der Waals surface area contributed by atoms with Crippen molar-refractivity contribution in [2.24, 2.45) is 0 Å². The Morgan fingerprint density at radius 3 is 2.57 bits per heavy atom. The molecule has 1 N–H and O–H groups in total. The molecule has 0 saturated carbocycles. The van der Waals surface area contributed by atoms with Crippen LogP contribution in [0.25, 0.3) is 0 Å². The number of anilines is 1. The Morgan fingerprint density at radius 2 is 1.83 bits per heavy atom. The third-order valence-corrected chi connectivity index (χ3v) is 5.78. The zero-order valence-corrected chi connectivity index (χ0v) is 16.4. The summed E-state index contributed by atoms with van der Waals surface area (Å²) in [6.45, 7) is 0. The summed E-state index contributed by atoms with van der Waals surface area (Å²) >= 11 is 0. The Hall–Kier alpha value is -3.74. The van der Waals surface area contributed by atoms with E-state index in [1.165, 1.54) is 13.4 Å². The van der Waals surface area contributed by atoms with Gasteiger partial charge in [-0.15, -0.1) is 0 Å². The lowest BCUT2D eigenvalue weighted by molar-refractivity contribution is -0.116. The summed E-state index contributed by atoms with van der Waals surface area (Å²) in [5.74, 6) is 0.438. The van der Waals surface area contributed by atoms with Crippen molar-refractivity contribution in [2.75, 3.05) is 12.4 Å². The normalized spacial score (nSPS) is 20.2. The molecule has 1 aliphatic heterocycles. The molecule has 0 amide bonds. The number of methoxy groups -OCH3 is 1. The first-order chi connectivity index (χ1) is 14.7. The summed E-state index contributed by atoms with van der Waals surface area (Å²) in [4.78, 5) is 29.4. The third-order valence-electron chi connectivity index (χ3n) is 5.78. The number of nitrogens with one attached hydrogen (secondary N) is 1. The van der Waals surface area contributed by atoms with Crippen LogP contribution in [-0.4, -0.2) is 33.6 Å². The zero-order valence-electron chi connectivity index (χ0n) is 16.4. The molecule has 7 nitrogen and oxygen atoms in total. The first-order valence-electron chi connectivity index (χ1n) is 9.81. The molecule has 0 unspecified atom stereocenters. The topological polar surface area (TPSA) is 86.1 Å². The second kappa shape index (κ2) is 7.26. The minimum Gasteiger partial charge on any atom is -0.465 e. The molecule has 0 saturated heterocycles. The summed E-state index contributed by atoms with van der Waals surface area (Å²) in [6.07, 6.45) is 2.66. The molecule has 2 atom stereocenters. The molecule has 0 bridgehead atoms. The fourth-order valence-electron chi connectivity index (χ4n) is 4.34. The molecule has 1 aromatic heterocycles. The van der Waals surface area contributed by atoms with E-state index in [-0.39, 0.29) is 17.7 Å². The maximum absolute atomic E-state index is 13.3. The molecule has 1 aliphatic carbocycles. The van der Waals surface area contributed by atoms with E-state index >= 15 is 0 Å². The number of fused-ring (bicyclic) bond motifs is 1. The average molecular weight is 400 g/mol. The summed E-state index contributed by atoms with van der Waals surface area (Å²) in [5.41, 5.74) is 4.09. The van der Waals surface area contributed by atoms with Gasteiger partial charge in [-0.2, -0.15) is 10.1 Å². The molecule has 2 aromatic carbocycles. The largest absolute Gasteiger partial charge is 0.465 e. The number of hydrogen-bond acceptors (Lipinski definition) is 6. The standard InChI is InChI=1S/C23H20N4O3/c1-30-22(29)16-9-7-15(8-10-16)21-20-18(26-23-24-13-25-27(21)23)11-17(12-19(20)28)14-5-3-2-4-6-14/h2-10,13,17,21H,11-12H2,1H3,(H,24,25,26)/t17-,21-/m0/s1. The highest BCUT2D eigenvalue weighted by Gasteiger charge is 2.39. The fourth-order valence-corrected chi connectivity index (χ4v) is 4.34. The Balaban J connectivity index is 1.56. The van der Waals surface area contributed by atoms with E-state index in [1.807, 2.05) is 30.3 Å². The number of hydrogen-bond donors (Lipinski definition) is 1. The van der Waals surface area contributed by atoms with Gasteiger partial charge in [0.1, 0.15) is 12.4 Å². The van der Waals surface area contributed by atoms with E-state index in [0.29, 0.717) is 23.5 Å². The third kappa shape index (κ3) is 2.99. The number of ketones is 1. The van der Waals surface area contributed by atoms with Crippen LogP contribution in [0.4, 0.5) is 5.95 Å². The predicted octanol–water partition coefficient (Wildman–Crippen LogP) is 3.48. The quantitative estimate of drug-likeness (QED) is 0.678. The lowest BCUT2D eigenvalue weighted by Gasteiger charge is -2.35. The van der Waals surface area contributed by atoms with Crippen LogP contribution in [-0.2, 0) is 9.53 Å². The molecule has 0 radical (unpaired) electrons. The smallest absolute Gasteiger partial charge is 0.337 e. The molecule has 2 heterocycles. The number of aromatic nitrogens is 3.